The van der Waals surface area contributed by atoms with E-state index in [1.165, 1.54) is 13.2 Å². The van der Waals surface area contributed by atoms with Crippen molar-refractivity contribution >= 4 is 5.97 Å². The van der Waals surface area contributed by atoms with E-state index in [9.17, 15) is 9.18 Å². The molecule has 0 spiro atoms. The zero-order valence-corrected chi connectivity index (χ0v) is 11.9. The smallest absolute Gasteiger partial charge is 0.305 e. The van der Waals surface area contributed by atoms with E-state index in [1.807, 2.05) is 19.2 Å². The number of hydrogen-bond donors (Lipinski definition) is 0. The van der Waals surface area contributed by atoms with Crippen molar-refractivity contribution in [1.29, 1.82) is 0 Å². The summed E-state index contributed by atoms with van der Waals surface area (Å²) < 4.78 is 17.7. The fraction of sp³-hybridized carbons (Fsp3) is 0.533. The zero-order chi connectivity index (χ0) is 14.3. The standard InChI is InChI=1S/C15H22FNO2/c1-12-11-13(6-7-14(12)16)8-10-17(2)9-4-5-15(18)19-3/h6-7,11H,4-5,8-10H2,1-3H3. The molecule has 3 nitrogen and oxygen atoms in total. The Kier molecular flexibility index (Phi) is 6.50. The summed E-state index contributed by atoms with van der Waals surface area (Å²) in [6.45, 7) is 3.53. The minimum atomic E-state index is -0.164. The van der Waals surface area contributed by atoms with Crippen molar-refractivity contribution in [2.45, 2.75) is 26.2 Å². The van der Waals surface area contributed by atoms with Gasteiger partial charge in [-0.15, -0.1) is 0 Å². The van der Waals surface area contributed by atoms with Crippen molar-refractivity contribution < 1.29 is 13.9 Å². The minimum absolute atomic E-state index is 0.157. The van der Waals surface area contributed by atoms with E-state index in [4.69, 9.17) is 0 Å². The molecular weight excluding hydrogens is 245 g/mol. The number of benzene rings is 1. The zero-order valence-electron chi connectivity index (χ0n) is 11.9. The second kappa shape index (κ2) is 7.89. The largest absolute Gasteiger partial charge is 0.469 e. The average Bonchev–Trinajstić information content (AvgIpc) is 2.40. The molecule has 0 saturated carbocycles. The number of aryl methyl sites for hydroxylation is 1. The predicted molar refractivity (Wildman–Crippen MR) is 73.6 cm³/mol. The van der Waals surface area contributed by atoms with E-state index in [1.54, 1.807) is 6.92 Å². The van der Waals surface area contributed by atoms with Crippen LogP contribution in [0.3, 0.4) is 0 Å². The van der Waals surface area contributed by atoms with E-state index >= 15 is 0 Å². The Hall–Kier alpha value is -1.42. The number of carbonyl (C=O) groups excluding carboxylic acids is 1. The molecule has 0 aliphatic carbocycles. The van der Waals surface area contributed by atoms with Crippen molar-refractivity contribution in [2.75, 3.05) is 27.2 Å². The topological polar surface area (TPSA) is 29.5 Å². The molecule has 1 aromatic rings. The van der Waals surface area contributed by atoms with Gasteiger partial charge in [-0.3, -0.25) is 4.79 Å². The van der Waals surface area contributed by atoms with Gasteiger partial charge in [0, 0.05) is 13.0 Å². The SMILES string of the molecule is COC(=O)CCCN(C)CCc1ccc(F)c(C)c1. The summed E-state index contributed by atoms with van der Waals surface area (Å²) in [5, 5.41) is 0. The Bertz CT molecular complexity index is 421. The van der Waals surface area contributed by atoms with E-state index in [-0.39, 0.29) is 11.8 Å². The average molecular weight is 267 g/mol. The molecule has 1 rings (SSSR count). The van der Waals surface area contributed by atoms with Crippen LogP contribution in [0.5, 0.6) is 0 Å². The molecule has 106 valence electrons. The monoisotopic (exact) mass is 267 g/mol. The lowest BCUT2D eigenvalue weighted by atomic mass is 10.1. The number of hydrogen-bond acceptors (Lipinski definition) is 3. The van der Waals surface area contributed by atoms with Crippen LogP contribution in [0, 0.1) is 12.7 Å². The third kappa shape index (κ3) is 5.83. The van der Waals surface area contributed by atoms with Crippen LogP contribution in [0.25, 0.3) is 0 Å². The molecule has 0 bridgehead atoms. The maximum atomic E-state index is 13.1. The van der Waals surface area contributed by atoms with Gasteiger partial charge in [0.1, 0.15) is 5.82 Å². The molecule has 0 saturated heterocycles. The van der Waals surface area contributed by atoms with Crippen LogP contribution in [0.4, 0.5) is 4.39 Å². The highest BCUT2D eigenvalue weighted by Gasteiger charge is 2.04. The molecule has 0 aromatic heterocycles. The molecule has 4 heteroatoms. The van der Waals surface area contributed by atoms with Gasteiger partial charge in [-0.05, 0) is 50.6 Å². The Morgan fingerprint density at radius 1 is 1.37 bits per heavy atom. The van der Waals surface area contributed by atoms with Crippen LogP contribution in [-0.2, 0) is 16.0 Å². The highest BCUT2D eigenvalue weighted by atomic mass is 19.1. The highest BCUT2D eigenvalue weighted by molar-refractivity contribution is 5.69. The second-order valence-electron chi connectivity index (χ2n) is 4.82. The van der Waals surface area contributed by atoms with Crippen LogP contribution in [0.15, 0.2) is 18.2 Å². The van der Waals surface area contributed by atoms with Gasteiger partial charge in [0.25, 0.3) is 0 Å². The number of likely N-dealkylation sites (N-methyl/N-ethyl adjacent to an activating group) is 1. The van der Waals surface area contributed by atoms with Gasteiger partial charge in [-0.25, -0.2) is 4.39 Å². The van der Waals surface area contributed by atoms with Crippen LogP contribution in [0.1, 0.15) is 24.0 Å². The summed E-state index contributed by atoms with van der Waals surface area (Å²) in [5.41, 5.74) is 1.82. The quantitative estimate of drug-likeness (QED) is 0.711. The van der Waals surface area contributed by atoms with Gasteiger partial charge < -0.3 is 9.64 Å². The maximum absolute atomic E-state index is 13.1. The first kappa shape index (κ1) is 15.6. The fourth-order valence-corrected chi connectivity index (χ4v) is 1.89. The van der Waals surface area contributed by atoms with Crippen LogP contribution in [0.2, 0.25) is 0 Å². The minimum Gasteiger partial charge on any atom is -0.469 e. The molecule has 0 aliphatic rings. The highest BCUT2D eigenvalue weighted by Crippen LogP contribution is 2.10. The van der Waals surface area contributed by atoms with E-state index < -0.39 is 0 Å². The number of rotatable bonds is 7. The molecule has 0 fully saturated rings. The first-order chi connectivity index (χ1) is 9.02. The Morgan fingerprint density at radius 2 is 2.11 bits per heavy atom. The van der Waals surface area contributed by atoms with Gasteiger partial charge in [-0.2, -0.15) is 0 Å². The Balaban J connectivity index is 2.27. The van der Waals surface area contributed by atoms with Crippen molar-refractivity contribution in [2.24, 2.45) is 0 Å². The first-order valence-corrected chi connectivity index (χ1v) is 6.53. The molecule has 1 aromatic carbocycles. The lowest BCUT2D eigenvalue weighted by molar-refractivity contribution is -0.140. The number of methoxy groups -OCH3 is 1. The summed E-state index contributed by atoms with van der Waals surface area (Å²) in [7, 11) is 3.43. The molecule has 0 N–H and O–H groups in total. The van der Waals surface area contributed by atoms with Gasteiger partial charge in [0.05, 0.1) is 7.11 Å². The molecule has 0 radical (unpaired) electrons. The third-order valence-corrected chi connectivity index (χ3v) is 3.15. The van der Waals surface area contributed by atoms with E-state index in [0.717, 1.165) is 31.5 Å². The number of ether oxygens (including phenoxy) is 1. The molecule has 0 amide bonds. The fourth-order valence-electron chi connectivity index (χ4n) is 1.89. The summed E-state index contributed by atoms with van der Waals surface area (Å²) in [5.74, 6) is -0.322. The van der Waals surface area contributed by atoms with Crippen molar-refractivity contribution in [3.63, 3.8) is 0 Å². The Morgan fingerprint density at radius 3 is 2.74 bits per heavy atom. The molecular formula is C15H22FNO2. The van der Waals surface area contributed by atoms with Crippen LogP contribution >= 0.6 is 0 Å². The summed E-state index contributed by atoms with van der Waals surface area (Å²) in [6.07, 6.45) is 2.14. The third-order valence-electron chi connectivity index (χ3n) is 3.15. The molecule has 0 atom stereocenters. The van der Waals surface area contributed by atoms with Crippen LogP contribution < -0.4 is 0 Å². The van der Waals surface area contributed by atoms with E-state index in [2.05, 4.69) is 9.64 Å². The van der Waals surface area contributed by atoms with E-state index in [0.29, 0.717) is 12.0 Å². The first-order valence-electron chi connectivity index (χ1n) is 6.53. The molecule has 0 unspecified atom stereocenters. The molecule has 0 heterocycles. The summed E-state index contributed by atoms with van der Waals surface area (Å²) in [4.78, 5) is 13.1. The van der Waals surface area contributed by atoms with Crippen LogP contribution in [-0.4, -0.2) is 38.1 Å². The second-order valence-corrected chi connectivity index (χ2v) is 4.82. The molecule has 0 aliphatic heterocycles. The summed E-state index contributed by atoms with van der Waals surface area (Å²) >= 11 is 0. The van der Waals surface area contributed by atoms with Crippen molar-refractivity contribution in [3.8, 4) is 0 Å². The number of nitrogens with zero attached hydrogens (tertiary/aromatic N) is 1. The van der Waals surface area contributed by atoms with Gasteiger partial charge in [0.15, 0.2) is 0 Å². The lowest BCUT2D eigenvalue weighted by Gasteiger charge is -2.16. The summed E-state index contributed by atoms with van der Waals surface area (Å²) in [6, 6.07) is 5.23. The van der Waals surface area contributed by atoms with Gasteiger partial charge >= 0.3 is 5.97 Å². The Labute approximate surface area is 114 Å². The van der Waals surface area contributed by atoms with Gasteiger partial charge in [0.2, 0.25) is 0 Å². The normalized spacial score (nSPS) is 10.8. The maximum Gasteiger partial charge on any atom is 0.305 e. The van der Waals surface area contributed by atoms with Crippen molar-refractivity contribution in [1.82, 2.24) is 4.90 Å². The lowest BCUT2D eigenvalue weighted by Crippen LogP contribution is -2.23. The van der Waals surface area contributed by atoms with Crippen molar-refractivity contribution in [3.05, 3.63) is 35.1 Å². The number of halogens is 1. The molecule has 19 heavy (non-hydrogen) atoms. The predicted octanol–water partition coefficient (Wildman–Crippen LogP) is 2.56. The van der Waals surface area contributed by atoms with Gasteiger partial charge in [-0.1, -0.05) is 12.1 Å². The number of carbonyl (C=O) groups is 1. The number of esters is 1.